The second-order valence-electron chi connectivity index (χ2n) is 4.51. The van der Waals surface area contributed by atoms with Crippen LogP contribution in [0, 0.1) is 5.41 Å². The van der Waals surface area contributed by atoms with Gasteiger partial charge in [0.1, 0.15) is 18.2 Å². The summed E-state index contributed by atoms with van der Waals surface area (Å²) in [5.74, 6) is 0.839. The number of benzene rings is 2. The highest BCUT2D eigenvalue weighted by Crippen LogP contribution is 2.21. The Morgan fingerprint density at radius 2 is 2.05 bits per heavy atom. The standard InChI is InChI=1S/C16H17ClN2O/c1-2-11-4-3-5-14(8-11)20-10-13-7-6-12(16(18)19)9-15(13)17/h3-9H,2,10H2,1H3,(H3,18,19). The van der Waals surface area contributed by atoms with Gasteiger partial charge in [-0.15, -0.1) is 0 Å². The van der Waals surface area contributed by atoms with Gasteiger partial charge in [0, 0.05) is 16.1 Å². The Labute approximate surface area is 123 Å². The van der Waals surface area contributed by atoms with Crippen LogP contribution in [0.1, 0.15) is 23.6 Å². The molecule has 0 aliphatic rings. The monoisotopic (exact) mass is 288 g/mol. The molecule has 0 aromatic heterocycles. The Balaban J connectivity index is 2.08. The first-order valence-electron chi connectivity index (χ1n) is 6.44. The molecule has 2 aromatic carbocycles. The highest BCUT2D eigenvalue weighted by atomic mass is 35.5. The molecule has 4 heteroatoms. The fourth-order valence-electron chi connectivity index (χ4n) is 1.85. The summed E-state index contributed by atoms with van der Waals surface area (Å²) >= 11 is 6.17. The van der Waals surface area contributed by atoms with Crippen LogP contribution < -0.4 is 10.5 Å². The normalized spacial score (nSPS) is 10.3. The first-order valence-corrected chi connectivity index (χ1v) is 6.82. The SMILES string of the molecule is CCc1cccc(OCc2ccc(C(=N)N)cc2Cl)c1. The van der Waals surface area contributed by atoms with Gasteiger partial charge in [-0.3, -0.25) is 5.41 Å². The van der Waals surface area contributed by atoms with Crippen LogP contribution in [0.4, 0.5) is 0 Å². The van der Waals surface area contributed by atoms with Gasteiger partial charge in [-0.1, -0.05) is 42.8 Å². The average molecular weight is 289 g/mol. The van der Waals surface area contributed by atoms with Crippen LogP contribution in [-0.2, 0) is 13.0 Å². The van der Waals surface area contributed by atoms with Crippen LogP contribution in [0.5, 0.6) is 5.75 Å². The maximum Gasteiger partial charge on any atom is 0.122 e. The molecule has 0 spiro atoms. The number of nitrogen functional groups attached to an aromatic ring is 1. The van der Waals surface area contributed by atoms with Crippen molar-refractivity contribution in [2.24, 2.45) is 5.73 Å². The van der Waals surface area contributed by atoms with E-state index in [1.807, 2.05) is 24.3 Å². The lowest BCUT2D eigenvalue weighted by atomic mass is 10.1. The molecule has 3 nitrogen and oxygen atoms in total. The third-order valence-corrected chi connectivity index (χ3v) is 3.42. The molecule has 104 valence electrons. The number of ether oxygens (including phenoxy) is 1. The van der Waals surface area contributed by atoms with E-state index in [9.17, 15) is 0 Å². The van der Waals surface area contributed by atoms with Crippen LogP contribution in [0.3, 0.4) is 0 Å². The quantitative estimate of drug-likeness (QED) is 0.650. The molecule has 0 unspecified atom stereocenters. The van der Waals surface area contributed by atoms with Gasteiger partial charge in [0.05, 0.1) is 0 Å². The molecule has 2 rings (SSSR count). The molecule has 0 bridgehead atoms. The van der Waals surface area contributed by atoms with Crippen molar-refractivity contribution >= 4 is 17.4 Å². The number of rotatable bonds is 5. The minimum Gasteiger partial charge on any atom is -0.489 e. The summed E-state index contributed by atoms with van der Waals surface area (Å²) in [6, 6.07) is 13.3. The summed E-state index contributed by atoms with van der Waals surface area (Å²) in [5.41, 5.74) is 8.15. The van der Waals surface area contributed by atoms with Crippen molar-refractivity contribution in [3.63, 3.8) is 0 Å². The second-order valence-corrected chi connectivity index (χ2v) is 4.92. The van der Waals surface area contributed by atoms with Crippen LogP contribution in [-0.4, -0.2) is 5.84 Å². The minimum absolute atomic E-state index is 0.00927. The van der Waals surface area contributed by atoms with Crippen LogP contribution in [0.25, 0.3) is 0 Å². The third kappa shape index (κ3) is 3.52. The van der Waals surface area contributed by atoms with Gasteiger partial charge < -0.3 is 10.5 Å². The highest BCUT2D eigenvalue weighted by Gasteiger charge is 2.05. The first kappa shape index (κ1) is 14.4. The largest absolute Gasteiger partial charge is 0.489 e. The number of amidine groups is 1. The predicted octanol–water partition coefficient (Wildman–Crippen LogP) is 3.77. The molecule has 0 saturated heterocycles. The van der Waals surface area contributed by atoms with E-state index in [-0.39, 0.29) is 5.84 Å². The fraction of sp³-hybridized carbons (Fsp3) is 0.188. The van der Waals surface area contributed by atoms with Crippen molar-refractivity contribution < 1.29 is 4.74 Å². The Morgan fingerprint density at radius 3 is 2.70 bits per heavy atom. The van der Waals surface area contributed by atoms with E-state index in [2.05, 4.69) is 13.0 Å². The van der Waals surface area contributed by atoms with Crippen molar-refractivity contribution in [1.29, 1.82) is 5.41 Å². The van der Waals surface area contributed by atoms with Crippen LogP contribution >= 0.6 is 11.6 Å². The molecule has 0 aliphatic carbocycles. The molecule has 0 radical (unpaired) electrons. The highest BCUT2D eigenvalue weighted by molar-refractivity contribution is 6.31. The molecule has 0 atom stereocenters. The average Bonchev–Trinajstić information content (AvgIpc) is 2.46. The maximum atomic E-state index is 7.37. The molecule has 0 heterocycles. The first-order chi connectivity index (χ1) is 9.60. The summed E-state index contributed by atoms with van der Waals surface area (Å²) in [7, 11) is 0. The zero-order valence-electron chi connectivity index (χ0n) is 11.3. The van der Waals surface area contributed by atoms with Gasteiger partial charge in [-0.25, -0.2) is 0 Å². The van der Waals surface area contributed by atoms with E-state index in [0.29, 0.717) is 17.2 Å². The third-order valence-electron chi connectivity index (χ3n) is 3.07. The minimum atomic E-state index is 0.00927. The Bertz CT molecular complexity index is 626. The molecular formula is C16H17ClN2O. The lowest BCUT2D eigenvalue weighted by Gasteiger charge is -2.10. The number of nitrogens with two attached hydrogens (primary N) is 1. The van der Waals surface area contributed by atoms with E-state index in [4.69, 9.17) is 27.5 Å². The summed E-state index contributed by atoms with van der Waals surface area (Å²) in [5, 5.41) is 7.93. The zero-order valence-corrected chi connectivity index (χ0v) is 12.1. The Morgan fingerprint density at radius 1 is 1.25 bits per heavy atom. The molecule has 0 amide bonds. The van der Waals surface area contributed by atoms with Crippen molar-refractivity contribution in [2.45, 2.75) is 20.0 Å². The second kappa shape index (κ2) is 6.44. The summed E-state index contributed by atoms with van der Waals surface area (Å²) in [6.45, 7) is 2.50. The molecule has 20 heavy (non-hydrogen) atoms. The molecule has 0 aliphatic heterocycles. The number of aryl methyl sites for hydroxylation is 1. The maximum absolute atomic E-state index is 7.37. The van der Waals surface area contributed by atoms with E-state index in [1.165, 1.54) is 5.56 Å². The van der Waals surface area contributed by atoms with Crippen LogP contribution in [0.2, 0.25) is 5.02 Å². The molecule has 0 fully saturated rings. The molecule has 2 aromatic rings. The van der Waals surface area contributed by atoms with Crippen LogP contribution in [0.15, 0.2) is 42.5 Å². The number of hydrogen-bond acceptors (Lipinski definition) is 2. The van der Waals surface area contributed by atoms with Crippen molar-refractivity contribution in [1.82, 2.24) is 0 Å². The van der Waals surface area contributed by atoms with E-state index in [1.54, 1.807) is 12.1 Å². The number of hydrogen-bond donors (Lipinski definition) is 2. The van der Waals surface area contributed by atoms with Gasteiger partial charge >= 0.3 is 0 Å². The summed E-state index contributed by atoms with van der Waals surface area (Å²) in [6.07, 6.45) is 0.977. The number of halogens is 1. The Kier molecular flexibility index (Phi) is 4.64. The van der Waals surface area contributed by atoms with Gasteiger partial charge in [0.15, 0.2) is 0 Å². The fourth-order valence-corrected chi connectivity index (χ4v) is 2.08. The van der Waals surface area contributed by atoms with Gasteiger partial charge in [-0.2, -0.15) is 0 Å². The smallest absolute Gasteiger partial charge is 0.122 e. The van der Waals surface area contributed by atoms with E-state index >= 15 is 0 Å². The summed E-state index contributed by atoms with van der Waals surface area (Å²) in [4.78, 5) is 0. The Hall–Kier alpha value is -2.00. The predicted molar refractivity (Wildman–Crippen MR) is 82.6 cm³/mol. The van der Waals surface area contributed by atoms with E-state index < -0.39 is 0 Å². The molecule has 0 saturated carbocycles. The van der Waals surface area contributed by atoms with Gasteiger partial charge in [-0.05, 0) is 30.2 Å². The number of nitrogens with one attached hydrogen (secondary N) is 1. The lowest BCUT2D eigenvalue weighted by molar-refractivity contribution is 0.306. The lowest BCUT2D eigenvalue weighted by Crippen LogP contribution is -2.11. The summed E-state index contributed by atoms with van der Waals surface area (Å²) < 4.78 is 5.75. The van der Waals surface area contributed by atoms with Gasteiger partial charge in [0.25, 0.3) is 0 Å². The molecule has 3 N–H and O–H groups in total. The topological polar surface area (TPSA) is 59.1 Å². The van der Waals surface area contributed by atoms with Gasteiger partial charge in [0.2, 0.25) is 0 Å². The van der Waals surface area contributed by atoms with E-state index in [0.717, 1.165) is 17.7 Å². The molecular weight excluding hydrogens is 272 g/mol. The van der Waals surface area contributed by atoms with Crippen molar-refractivity contribution in [3.05, 3.63) is 64.2 Å². The van der Waals surface area contributed by atoms with Crippen molar-refractivity contribution in [3.8, 4) is 5.75 Å². The van der Waals surface area contributed by atoms with Crippen molar-refractivity contribution in [2.75, 3.05) is 0 Å². The zero-order chi connectivity index (χ0) is 14.5.